The Hall–Kier alpha value is -1.89. The maximum atomic E-state index is 11.7. The summed E-state index contributed by atoms with van der Waals surface area (Å²) >= 11 is 1.45. The molecule has 7 heteroatoms. The van der Waals surface area contributed by atoms with Crippen LogP contribution in [0.3, 0.4) is 0 Å². The highest BCUT2D eigenvalue weighted by Crippen LogP contribution is 2.06. The normalized spacial score (nSPS) is 12.0. The number of nitrogens with one attached hydrogen (secondary N) is 2. The molecule has 0 spiro atoms. The molecular formula is C15H22N2O4S. The fraction of sp³-hybridized carbons (Fsp3) is 0.533. The lowest BCUT2D eigenvalue weighted by Crippen LogP contribution is -2.41. The number of carbonyl (C=O) groups is 3. The first kappa shape index (κ1) is 18.2. The van der Waals surface area contributed by atoms with Crippen molar-refractivity contribution in [3.8, 4) is 0 Å². The molecule has 22 heavy (non-hydrogen) atoms. The Morgan fingerprint density at radius 3 is 2.59 bits per heavy atom. The van der Waals surface area contributed by atoms with Crippen molar-refractivity contribution in [3.05, 3.63) is 22.4 Å². The molecule has 1 aromatic rings. The predicted molar refractivity (Wildman–Crippen MR) is 84.9 cm³/mol. The molecule has 1 atom stereocenters. The zero-order chi connectivity index (χ0) is 16.5. The third-order valence-corrected chi connectivity index (χ3v) is 3.67. The van der Waals surface area contributed by atoms with Gasteiger partial charge in [0.1, 0.15) is 6.04 Å². The van der Waals surface area contributed by atoms with Gasteiger partial charge in [0.25, 0.3) is 5.91 Å². The third kappa shape index (κ3) is 6.71. The standard InChI is InChI=1S/C15H22N2O4S/c1-10(2)8-12(15(20)21)17-13(18)4-3-6-16-14(19)11-5-7-22-9-11/h5,7,9-10,12H,3-4,6,8H2,1-2H3,(H,16,19)(H,17,18)(H,20,21). The first-order valence-corrected chi connectivity index (χ1v) is 8.17. The monoisotopic (exact) mass is 326 g/mol. The highest BCUT2D eigenvalue weighted by Gasteiger charge is 2.20. The summed E-state index contributed by atoms with van der Waals surface area (Å²) in [6, 6.07) is 0.878. The van der Waals surface area contributed by atoms with Gasteiger partial charge in [0, 0.05) is 23.9 Å². The summed E-state index contributed by atoms with van der Waals surface area (Å²) in [6.07, 6.45) is 1.05. The van der Waals surface area contributed by atoms with Crippen LogP contribution in [0.1, 0.15) is 43.5 Å². The number of rotatable bonds is 9. The molecule has 1 rings (SSSR count). The van der Waals surface area contributed by atoms with Gasteiger partial charge in [-0.3, -0.25) is 9.59 Å². The van der Waals surface area contributed by atoms with Gasteiger partial charge in [0.05, 0.1) is 0 Å². The summed E-state index contributed by atoms with van der Waals surface area (Å²) in [6.45, 7) is 4.19. The minimum atomic E-state index is -1.02. The second-order valence-corrected chi connectivity index (χ2v) is 6.24. The molecule has 0 bridgehead atoms. The van der Waals surface area contributed by atoms with Gasteiger partial charge in [0.15, 0.2) is 0 Å². The predicted octanol–water partition coefficient (Wildman–Crippen LogP) is 1.87. The highest BCUT2D eigenvalue weighted by atomic mass is 32.1. The van der Waals surface area contributed by atoms with Crippen LogP contribution in [-0.2, 0) is 9.59 Å². The van der Waals surface area contributed by atoms with Crippen molar-refractivity contribution < 1.29 is 19.5 Å². The average molecular weight is 326 g/mol. The molecule has 0 fully saturated rings. The number of carboxylic acid groups (broad SMARTS) is 1. The van der Waals surface area contributed by atoms with Gasteiger partial charge in [-0.2, -0.15) is 11.3 Å². The molecule has 3 N–H and O–H groups in total. The Balaban J connectivity index is 2.25. The average Bonchev–Trinajstić information content (AvgIpc) is 2.96. The topological polar surface area (TPSA) is 95.5 Å². The largest absolute Gasteiger partial charge is 0.480 e. The van der Waals surface area contributed by atoms with E-state index < -0.39 is 12.0 Å². The van der Waals surface area contributed by atoms with Crippen LogP contribution in [0, 0.1) is 5.92 Å². The Morgan fingerprint density at radius 2 is 2.05 bits per heavy atom. The third-order valence-electron chi connectivity index (χ3n) is 2.99. The van der Waals surface area contributed by atoms with E-state index in [4.69, 9.17) is 5.11 Å². The van der Waals surface area contributed by atoms with Gasteiger partial charge in [-0.25, -0.2) is 4.79 Å². The van der Waals surface area contributed by atoms with Crippen molar-refractivity contribution >= 4 is 29.1 Å². The molecule has 1 heterocycles. The molecule has 0 aliphatic rings. The summed E-state index contributed by atoms with van der Waals surface area (Å²) in [5.74, 6) is -1.30. The molecule has 1 unspecified atom stereocenters. The Kier molecular flexibility index (Phi) is 7.59. The molecule has 0 saturated heterocycles. The first-order chi connectivity index (χ1) is 10.4. The lowest BCUT2D eigenvalue weighted by atomic mass is 10.0. The molecular weight excluding hydrogens is 304 g/mol. The van der Waals surface area contributed by atoms with Gasteiger partial charge in [-0.15, -0.1) is 0 Å². The van der Waals surface area contributed by atoms with Crippen LogP contribution in [0.5, 0.6) is 0 Å². The summed E-state index contributed by atoms with van der Waals surface area (Å²) in [5.41, 5.74) is 0.609. The van der Waals surface area contributed by atoms with Crippen LogP contribution in [0.15, 0.2) is 16.8 Å². The number of amides is 2. The smallest absolute Gasteiger partial charge is 0.326 e. The minimum absolute atomic E-state index is 0.162. The van der Waals surface area contributed by atoms with Crippen LogP contribution in [-0.4, -0.2) is 35.5 Å². The van der Waals surface area contributed by atoms with E-state index in [1.165, 1.54) is 11.3 Å². The van der Waals surface area contributed by atoms with Gasteiger partial charge in [-0.05, 0) is 30.2 Å². The van der Waals surface area contributed by atoms with Gasteiger partial charge in [0.2, 0.25) is 5.91 Å². The summed E-state index contributed by atoms with van der Waals surface area (Å²) in [5, 5.41) is 17.9. The van der Waals surface area contributed by atoms with E-state index in [2.05, 4.69) is 10.6 Å². The fourth-order valence-corrected chi connectivity index (χ4v) is 2.54. The van der Waals surface area contributed by atoms with E-state index in [1.54, 1.807) is 11.4 Å². The molecule has 1 aromatic heterocycles. The number of hydrogen-bond donors (Lipinski definition) is 3. The molecule has 0 aliphatic heterocycles. The second-order valence-electron chi connectivity index (χ2n) is 5.46. The second kappa shape index (κ2) is 9.19. The molecule has 0 aromatic carbocycles. The van der Waals surface area contributed by atoms with Crippen LogP contribution in [0.25, 0.3) is 0 Å². The molecule has 0 aliphatic carbocycles. The van der Waals surface area contributed by atoms with E-state index in [1.807, 2.05) is 19.2 Å². The number of aliphatic carboxylic acids is 1. The molecule has 0 saturated carbocycles. The first-order valence-electron chi connectivity index (χ1n) is 7.22. The van der Waals surface area contributed by atoms with Crippen molar-refractivity contribution in [1.82, 2.24) is 10.6 Å². The SMILES string of the molecule is CC(C)CC(NC(=O)CCCNC(=O)c1ccsc1)C(=O)O. The number of carbonyl (C=O) groups excluding carboxylic acids is 2. The van der Waals surface area contributed by atoms with Crippen LogP contribution >= 0.6 is 11.3 Å². The molecule has 2 amide bonds. The van der Waals surface area contributed by atoms with E-state index in [0.29, 0.717) is 24.9 Å². The maximum Gasteiger partial charge on any atom is 0.326 e. The van der Waals surface area contributed by atoms with Gasteiger partial charge >= 0.3 is 5.97 Å². The lowest BCUT2D eigenvalue weighted by molar-refractivity contribution is -0.142. The Labute approximate surface area is 133 Å². The van der Waals surface area contributed by atoms with Crippen molar-refractivity contribution in [2.75, 3.05) is 6.54 Å². The number of carboxylic acids is 1. The fourth-order valence-electron chi connectivity index (χ4n) is 1.91. The zero-order valence-corrected chi connectivity index (χ0v) is 13.6. The van der Waals surface area contributed by atoms with Crippen molar-refractivity contribution in [1.29, 1.82) is 0 Å². The minimum Gasteiger partial charge on any atom is -0.480 e. The summed E-state index contributed by atoms with van der Waals surface area (Å²) in [4.78, 5) is 34.4. The summed E-state index contributed by atoms with van der Waals surface area (Å²) < 4.78 is 0. The molecule has 0 radical (unpaired) electrons. The van der Waals surface area contributed by atoms with Crippen LogP contribution in [0.4, 0.5) is 0 Å². The van der Waals surface area contributed by atoms with E-state index in [0.717, 1.165) is 0 Å². The molecule has 6 nitrogen and oxygen atoms in total. The quantitative estimate of drug-likeness (QED) is 0.604. The lowest BCUT2D eigenvalue weighted by Gasteiger charge is -2.16. The summed E-state index contributed by atoms with van der Waals surface area (Å²) in [7, 11) is 0. The number of hydrogen-bond acceptors (Lipinski definition) is 4. The van der Waals surface area contributed by atoms with Crippen molar-refractivity contribution in [3.63, 3.8) is 0 Å². The highest BCUT2D eigenvalue weighted by molar-refractivity contribution is 7.08. The van der Waals surface area contributed by atoms with Crippen molar-refractivity contribution in [2.45, 2.75) is 39.2 Å². The Bertz CT molecular complexity index is 500. The van der Waals surface area contributed by atoms with E-state index in [-0.39, 0.29) is 24.2 Å². The maximum absolute atomic E-state index is 11.7. The van der Waals surface area contributed by atoms with Crippen LogP contribution in [0.2, 0.25) is 0 Å². The van der Waals surface area contributed by atoms with Gasteiger partial charge < -0.3 is 15.7 Å². The van der Waals surface area contributed by atoms with Gasteiger partial charge in [-0.1, -0.05) is 13.8 Å². The number of thiophene rings is 1. The molecule has 122 valence electrons. The van der Waals surface area contributed by atoms with E-state index >= 15 is 0 Å². The van der Waals surface area contributed by atoms with Crippen molar-refractivity contribution in [2.24, 2.45) is 5.92 Å². The zero-order valence-electron chi connectivity index (χ0n) is 12.8. The Morgan fingerprint density at radius 1 is 1.32 bits per heavy atom. The van der Waals surface area contributed by atoms with Crippen LogP contribution < -0.4 is 10.6 Å². The van der Waals surface area contributed by atoms with E-state index in [9.17, 15) is 14.4 Å².